The Morgan fingerprint density at radius 1 is 0.692 bits per heavy atom. The summed E-state index contributed by atoms with van der Waals surface area (Å²) in [5.74, 6) is 0.693. The molecule has 0 saturated carbocycles. The Hall–Kier alpha value is -3.10. The molecule has 3 rings (SSSR count). The minimum absolute atomic E-state index is 0.118. The average molecular weight is 360 g/mol. The van der Waals surface area contributed by atoms with Gasteiger partial charge in [0.25, 0.3) is 0 Å². The number of hydrogen-bond donors (Lipinski definition) is 0. The Bertz CT molecular complexity index is 647. The molecule has 1 fully saturated rings. The van der Waals surface area contributed by atoms with E-state index >= 15 is 0 Å². The fraction of sp³-hybridized carbons (Fsp3) is 0.222. The largest absolute Gasteiger partial charge is 0.516 e. The Kier molecular flexibility index (Phi) is 6.02. The van der Waals surface area contributed by atoms with Crippen LogP contribution in [0.5, 0.6) is 11.5 Å². The highest BCUT2D eigenvalue weighted by Crippen LogP contribution is 2.15. The molecule has 2 atom stereocenters. The lowest BCUT2D eigenvalue weighted by Gasteiger charge is -2.27. The van der Waals surface area contributed by atoms with Crippen LogP contribution in [0.15, 0.2) is 60.7 Å². The van der Waals surface area contributed by atoms with Gasteiger partial charge in [0.2, 0.25) is 12.6 Å². The standard InChI is InChI=1S/C18H16O8/c19-17(23-13-7-3-1-4-8-13)25-15-11-22-16(12-21-15)26-18(20)24-14-9-5-2-6-10-14/h1-10,15-16H,11-12H2. The molecule has 136 valence electrons. The van der Waals surface area contributed by atoms with Gasteiger partial charge >= 0.3 is 12.3 Å². The van der Waals surface area contributed by atoms with Gasteiger partial charge in [-0.25, -0.2) is 9.59 Å². The SMILES string of the molecule is O=C(Oc1ccccc1)OC1COC(OC(=O)Oc2ccccc2)CO1. The Labute approximate surface area is 149 Å². The van der Waals surface area contributed by atoms with Crippen molar-refractivity contribution in [3.63, 3.8) is 0 Å². The molecule has 1 saturated heterocycles. The summed E-state index contributed by atoms with van der Waals surface area (Å²) < 4.78 is 30.4. The van der Waals surface area contributed by atoms with Crippen LogP contribution in [0, 0.1) is 0 Å². The van der Waals surface area contributed by atoms with E-state index in [1.165, 1.54) is 0 Å². The first kappa shape index (κ1) is 17.7. The molecular weight excluding hydrogens is 344 g/mol. The van der Waals surface area contributed by atoms with Gasteiger partial charge in [0.05, 0.1) is 0 Å². The summed E-state index contributed by atoms with van der Waals surface area (Å²) >= 11 is 0. The molecular formula is C18H16O8. The quantitative estimate of drug-likeness (QED) is 0.607. The zero-order chi connectivity index (χ0) is 18.2. The monoisotopic (exact) mass is 360 g/mol. The van der Waals surface area contributed by atoms with E-state index in [2.05, 4.69) is 0 Å². The fourth-order valence-corrected chi connectivity index (χ4v) is 2.04. The van der Waals surface area contributed by atoms with Crippen molar-refractivity contribution < 1.29 is 38.0 Å². The van der Waals surface area contributed by atoms with Crippen LogP contribution < -0.4 is 9.47 Å². The van der Waals surface area contributed by atoms with E-state index in [0.717, 1.165) is 0 Å². The normalized spacial score (nSPS) is 19.2. The van der Waals surface area contributed by atoms with Gasteiger partial charge in [-0.15, -0.1) is 0 Å². The second-order valence-electron chi connectivity index (χ2n) is 5.09. The second-order valence-corrected chi connectivity index (χ2v) is 5.09. The number of benzene rings is 2. The third-order valence-electron chi connectivity index (χ3n) is 3.18. The van der Waals surface area contributed by atoms with Crippen molar-refractivity contribution in [2.75, 3.05) is 13.2 Å². The smallest absolute Gasteiger partial charge is 0.401 e. The summed E-state index contributed by atoms with van der Waals surface area (Å²) in [7, 11) is 0. The maximum atomic E-state index is 11.7. The van der Waals surface area contributed by atoms with Gasteiger partial charge in [-0.1, -0.05) is 36.4 Å². The molecule has 1 aliphatic heterocycles. The number of carbonyl (C=O) groups is 2. The summed E-state index contributed by atoms with van der Waals surface area (Å²) in [4.78, 5) is 23.3. The van der Waals surface area contributed by atoms with E-state index in [9.17, 15) is 9.59 Å². The zero-order valence-corrected chi connectivity index (χ0v) is 13.6. The number of hydrogen-bond acceptors (Lipinski definition) is 8. The van der Waals surface area contributed by atoms with Crippen LogP contribution in [0.3, 0.4) is 0 Å². The summed E-state index contributed by atoms with van der Waals surface area (Å²) in [6, 6.07) is 16.9. The number of para-hydroxylation sites is 2. The lowest BCUT2D eigenvalue weighted by atomic mass is 10.3. The molecule has 0 aromatic heterocycles. The van der Waals surface area contributed by atoms with Crippen molar-refractivity contribution in [1.82, 2.24) is 0 Å². The van der Waals surface area contributed by atoms with Crippen molar-refractivity contribution >= 4 is 12.3 Å². The van der Waals surface area contributed by atoms with Crippen LogP contribution in [0.4, 0.5) is 9.59 Å². The zero-order valence-electron chi connectivity index (χ0n) is 13.6. The van der Waals surface area contributed by atoms with Gasteiger partial charge in [0.1, 0.15) is 24.7 Å². The van der Waals surface area contributed by atoms with Crippen LogP contribution in [0.25, 0.3) is 0 Å². The summed E-state index contributed by atoms with van der Waals surface area (Å²) in [5, 5.41) is 0. The van der Waals surface area contributed by atoms with E-state index in [-0.39, 0.29) is 13.2 Å². The molecule has 1 heterocycles. The predicted molar refractivity (Wildman–Crippen MR) is 86.6 cm³/mol. The van der Waals surface area contributed by atoms with Gasteiger partial charge in [-0.3, -0.25) is 0 Å². The van der Waals surface area contributed by atoms with E-state index < -0.39 is 24.9 Å². The van der Waals surface area contributed by atoms with E-state index in [0.29, 0.717) is 11.5 Å². The van der Waals surface area contributed by atoms with Crippen molar-refractivity contribution in [2.24, 2.45) is 0 Å². The van der Waals surface area contributed by atoms with Gasteiger partial charge in [-0.2, -0.15) is 0 Å². The molecule has 2 aromatic rings. The molecule has 0 bridgehead atoms. The van der Waals surface area contributed by atoms with Gasteiger partial charge in [0, 0.05) is 0 Å². The topological polar surface area (TPSA) is 89.5 Å². The Morgan fingerprint density at radius 2 is 1.08 bits per heavy atom. The minimum atomic E-state index is -0.962. The molecule has 0 aliphatic carbocycles. The maximum Gasteiger partial charge on any atom is 0.516 e. The second kappa shape index (κ2) is 8.84. The molecule has 0 N–H and O–H groups in total. The highest BCUT2D eigenvalue weighted by atomic mass is 16.8. The maximum absolute atomic E-state index is 11.7. The molecule has 0 spiro atoms. The van der Waals surface area contributed by atoms with Crippen molar-refractivity contribution in [3.8, 4) is 11.5 Å². The number of ether oxygens (including phenoxy) is 6. The lowest BCUT2D eigenvalue weighted by molar-refractivity contribution is -0.265. The first-order chi connectivity index (χ1) is 12.7. The third-order valence-corrected chi connectivity index (χ3v) is 3.18. The van der Waals surface area contributed by atoms with E-state index in [1.54, 1.807) is 60.7 Å². The van der Waals surface area contributed by atoms with Crippen LogP contribution in [-0.4, -0.2) is 38.1 Å². The Balaban J connectivity index is 1.37. The molecule has 0 radical (unpaired) electrons. The first-order valence-corrected chi connectivity index (χ1v) is 7.79. The van der Waals surface area contributed by atoms with Gasteiger partial charge < -0.3 is 28.4 Å². The molecule has 26 heavy (non-hydrogen) atoms. The van der Waals surface area contributed by atoms with E-state index in [1.807, 2.05) is 0 Å². The molecule has 1 aliphatic rings. The van der Waals surface area contributed by atoms with Crippen molar-refractivity contribution in [3.05, 3.63) is 60.7 Å². The lowest BCUT2D eigenvalue weighted by Crippen LogP contribution is -2.41. The van der Waals surface area contributed by atoms with Crippen LogP contribution in [0.2, 0.25) is 0 Å². The average Bonchev–Trinajstić information content (AvgIpc) is 2.65. The third kappa shape index (κ3) is 5.47. The fourth-order valence-electron chi connectivity index (χ4n) is 2.04. The van der Waals surface area contributed by atoms with Crippen LogP contribution >= 0.6 is 0 Å². The molecule has 0 amide bonds. The van der Waals surface area contributed by atoms with E-state index in [4.69, 9.17) is 28.4 Å². The number of rotatable bonds is 4. The molecule has 2 aromatic carbocycles. The minimum Gasteiger partial charge on any atom is -0.401 e. The summed E-state index contributed by atoms with van der Waals surface area (Å²) in [6.45, 7) is -0.236. The van der Waals surface area contributed by atoms with Gasteiger partial charge in [0.15, 0.2) is 0 Å². The predicted octanol–water partition coefficient (Wildman–Crippen LogP) is 3.12. The molecule has 2 unspecified atom stereocenters. The van der Waals surface area contributed by atoms with Crippen molar-refractivity contribution in [2.45, 2.75) is 12.6 Å². The van der Waals surface area contributed by atoms with Crippen LogP contribution in [0.1, 0.15) is 0 Å². The Morgan fingerprint density at radius 3 is 1.42 bits per heavy atom. The summed E-state index contributed by atoms with van der Waals surface area (Å²) in [5.41, 5.74) is 0. The molecule has 8 nitrogen and oxygen atoms in total. The highest BCUT2D eigenvalue weighted by Gasteiger charge is 2.28. The number of carbonyl (C=O) groups excluding carboxylic acids is 2. The van der Waals surface area contributed by atoms with Crippen molar-refractivity contribution in [1.29, 1.82) is 0 Å². The van der Waals surface area contributed by atoms with Gasteiger partial charge in [-0.05, 0) is 24.3 Å². The molecule has 8 heteroatoms. The van der Waals surface area contributed by atoms with Crippen LogP contribution in [-0.2, 0) is 18.9 Å². The first-order valence-electron chi connectivity index (χ1n) is 7.79. The highest BCUT2D eigenvalue weighted by molar-refractivity contribution is 5.64. The summed E-state index contributed by atoms with van der Waals surface area (Å²) in [6.07, 6.45) is -3.77.